The molecular formula is C18H21FN2. The lowest BCUT2D eigenvalue weighted by Crippen LogP contribution is -2.19. The van der Waals surface area contributed by atoms with Crippen molar-refractivity contribution in [3.8, 4) is 0 Å². The molecule has 3 heteroatoms. The van der Waals surface area contributed by atoms with Crippen LogP contribution < -0.4 is 5.32 Å². The standard InChI is InChI=1S/C18H21FN2/c19-17-8-5-6-15(12-17)13-20-18-9-2-1-7-16(18)14-21-10-3-4-11-21/h1-2,5-9,12,20H,3-4,10-11,13-14H2. The highest BCUT2D eigenvalue weighted by Gasteiger charge is 2.13. The van der Waals surface area contributed by atoms with E-state index >= 15 is 0 Å². The Labute approximate surface area is 125 Å². The number of anilines is 1. The van der Waals surface area contributed by atoms with Crippen LogP contribution in [0.3, 0.4) is 0 Å². The molecule has 2 aromatic rings. The van der Waals surface area contributed by atoms with Gasteiger partial charge in [0.1, 0.15) is 5.82 Å². The average Bonchev–Trinajstić information content (AvgIpc) is 2.99. The maximum absolute atomic E-state index is 13.2. The summed E-state index contributed by atoms with van der Waals surface area (Å²) in [6.07, 6.45) is 2.61. The molecule has 1 N–H and O–H groups in total. The van der Waals surface area contributed by atoms with Gasteiger partial charge < -0.3 is 5.32 Å². The first-order chi connectivity index (χ1) is 10.3. The van der Waals surface area contributed by atoms with Crippen molar-refractivity contribution in [2.24, 2.45) is 0 Å². The van der Waals surface area contributed by atoms with E-state index < -0.39 is 0 Å². The number of likely N-dealkylation sites (tertiary alicyclic amines) is 1. The minimum atomic E-state index is -0.181. The molecule has 0 aromatic heterocycles. The van der Waals surface area contributed by atoms with Crippen LogP contribution in [-0.4, -0.2) is 18.0 Å². The van der Waals surface area contributed by atoms with Gasteiger partial charge in [-0.2, -0.15) is 0 Å². The maximum atomic E-state index is 13.2. The molecule has 1 aliphatic heterocycles. The number of rotatable bonds is 5. The van der Waals surface area contributed by atoms with Crippen molar-refractivity contribution in [1.82, 2.24) is 4.90 Å². The molecule has 21 heavy (non-hydrogen) atoms. The number of nitrogens with zero attached hydrogens (tertiary/aromatic N) is 1. The van der Waals surface area contributed by atoms with Crippen LogP contribution in [0.5, 0.6) is 0 Å². The molecule has 2 aromatic carbocycles. The van der Waals surface area contributed by atoms with Crippen molar-refractivity contribution < 1.29 is 4.39 Å². The van der Waals surface area contributed by atoms with Gasteiger partial charge in [0.2, 0.25) is 0 Å². The molecule has 0 saturated carbocycles. The van der Waals surface area contributed by atoms with Crippen LogP contribution in [0.2, 0.25) is 0 Å². The van der Waals surface area contributed by atoms with Crippen molar-refractivity contribution in [3.05, 3.63) is 65.5 Å². The zero-order valence-corrected chi connectivity index (χ0v) is 12.2. The zero-order chi connectivity index (χ0) is 14.5. The van der Waals surface area contributed by atoms with Gasteiger partial charge in [-0.1, -0.05) is 30.3 Å². The topological polar surface area (TPSA) is 15.3 Å². The van der Waals surface area contributed by atoms with E-state index in [0.717, 1.165) is 17.8 Å². The third kappa shape index (κ3) is 3.82. The highest BCUT2D eigenvalue weighted by atomic mass is 19.1. The van der Waals surface area contributed by atoms with Gasteiger partial charge in [0.15, 0.2) is 0 Å². The van der Waals surface area contributed by atoms with E-state index in [1.807, 2.05) is 12.1 Å². The molecule has 1 aliphatic rings. The Kier molecular flexibility index (Phi) is 4.51. The minimum Gasteiger partial charge on any atom is -0.381 e. The normalized spacial score (nSPS) is 15.3. The van der Waals surface area contributed by atoms with Crippen LogP contribution in [0, 0.1) is 5.82 Å². The molecule has 0 aliphatic carbocycles. The van der Waals surface area contributed by atoms with Crippen molar-refractivity contribution in [2.45, 2.75) is 25.9 Å². The lowest BCUT2D eigenvalue weighted by molar-refractivity contribution is 0.332. The molecule has 0 unspecified atom stereocenters. The summed E-state index contributed by atoms with van der Waals surface area (Å²) in [6.45, 7) is 4.03. The van der Waals surface area contributed by atoms with Crippen LogP contribution in [0.25, 0.3) is 0 Å². The monoisotopic (exact) mass is 284 g/mol. The maximum Gasteiger partial charge on any atom is 0.123 e. The quantitative estimate of drug-likeness (QED) is 0.891. The molecule has 0 spiro atoms. The molecule has 1 fully saturated rings. The van der Waals surface area contributed by atoms with E-state index in [1.165, 1.54) is 37.6 Å². The molecule has 0 radical (unpaired) electrons. The van der Waals surface area contributed by atoms with Crippen LogP contribution in [0.1, 0.15) is 24.0 Å². The number of halogens is 1. The van der Waals surface area contributed by atoms with E-state index in [1.54, 1.807) is 12.1 Å². The molecule has 0 bridgehead atoms. The first-order valence-corrected chi connectivity index (χ1v) is 7.60. The first kappa shape index (κ1) is 14.1. The van der Waals surface area contributed by atoms with Crippen LogP contribution in [0.4, 0.5) is 10.1 Å². The molecule has 2 nitrogen and oxygen atoms in total. The SMILES string of the molecule is Fc1cccc(CNc2ccccc2CN2CCCC2)c1. The minimum absolute atomic E-state index is 0.181. The predicted octanol–water partition coefficient (Wildman–Crippen LogP) is 4.03. The van der Waals surface area contributed by atoms with Crippen molar-refractivity contribution in [2.75, 3.05) is 18.4 Å². The fraction of sp³-hybridized carbons (Fsp3) is 0.333. The van der Waals surface area contributed by atoms with E-state index in [0.29, 0.717) is 6.54 Å². The van der Waals surface area contributed by atoms with Crippen molar-refractivity contribution >= 4 is 5.69 Å². The second-order valence-corrected chi connectivity index (χ2v) is 5.62. The van der Waals surface area contributed by atoms with Crippen LogP contribution >= 0.6 is 0 Å². The fourth-order valence-electron chi connectivity index (χ4n) is 2.86. The Hall–Kier alpha value is -1.87. The highest BCUT2D eigenvalue weighted by molar-refractivity contribution is 5.51. The first-order valence-electron chi connectivity index (χ1n) is 7.60. The van der Waals surface area contributed by atoms with Crippen molar-refractivity contribution in [3.63, 3.8) is 0 Å². The molecular weight excluding hydrogens is 263 g/mol. The number of hydrogen-bond donors (Lipinski definition) is 1. The third-order valence-electron chi connectivity index (χ3n) is 3.98. The molecule has 3 rings (SSSR count). The molecule has 1 heterocycles. The Morgan fingerprint density at radius 3 is 2.62 bits per heavy atom. The summed E-state index contributed by atoms with van der Waals surface area (Å²) in [4.78, 5) is 2.49. The lowest BCUT2D eigenvalue weighted by atomic mass is 10.1. The molecule has 0 amide bonds. The lowest BCUT2D eigenvalue weighted by Gasteiger charge is -2.18. The number of para-hydroxylation sites is 1. The Morgan fingerprint density at radius 2 is 1.81 bits per heavy atom. The van der Waals surface area contributed by atoms with Gasteiger partial charge in [-0.05, 0) is 55.3 Å². The number of hydrogen-bond acceptors (Lipinski definition) is 2. The number of benzene rings is 2. The average molecular weight is 284 g/mol. The highest BCUT2D eigenvalue weighted by Crippen LogP contribution is 2.20. The van der Waals surface area contributed by atoms with Gasteiger partial charge in [0, 0.05) is 18.8 Å². The molecule has 0 atom stereocenters. The summed E-state index contributed by atoms with van der Waals surface area (Å²) in [5.74, 6) is -0.181. The van der Waals surface area contributed by atoms with Crippen molar-refractivity contribution in [1.29, 1.82) is 0 Å². The van der Waals surface area contributed by atoms with Gasteiger partial charge >= 0.3 is 0 Å². The summed E-state index contributed by atoms with van der Waals surface area (Å²) in [5.41, 5.74) is 3.43. The van der Waals surface area contributed by atoms with E-state index in [9.17, 15) is 4.39 Å². The molecule has 110 valence electrons. The summed E-state index contributed by atoms with van der Waals surface area (Å²) in [5, 5.41) is 3.44. The largest absolute Gasteiger partial charge is 0.381 e. The second kappa shape index (κ2) is 6.72. The molecule has 1 saturated heterocycles. The predicted molar refractivity (Wildman–Crippen MR) is 84.7 cm³/mol. The van der Waals surface area contributed by atoms with E-state index in [4.69, 9.17) is 0 Å². The Balaban J connectivity index is 1.67. The summed E-state index contributed by atoms with van der Waals surface area (Å²) < 4.78 is 13.2. The van der Waals surface area contributed by atoms with Gasteiger partial charge in [-0.3, -0.25) is 4.90 Å². The van der Waals surface area contributed by atoms with Gasteiger partial charge in [0.25, 0.3) is 0 Å². The van der Waals surface area contributed by atoms with Crippen LogP contribution in [-0.2, 0) is 13.1 Å². The zero-order valence-electron chi connectivity index (χ0n) is 12.2. The van der Waals surface area contributed by atoms with Gasteiger partial charge in [-0.25, -0.2) is 4.39 Å². The Morgan fingerprint density at radius 1 is 1.00 bits per heavy atom. The van der Waals surface area contributed by atoms with Crippen LogP contribution in [0.15, 0.2) is 48.5 Å². The fourth-order valence-corrected chi connectivity index (χ4v) is 2.86. The smallest absolute Gasteiger partial charge is 0.123 e. The summed E-state index contributed by atoms with van der Waals surface area (Å²) in [6, 6.07) is 15.2. The number of nitrogens with one attached hydrogen (secondary N) is 1. The second-order valence-electron chi connectivity index (χ2n) is 5.62. The third-order valence-corrected chi connectivity index (χ3v) is 3.98. The van der Waals surface area contributed by atoms with Gasteiger partial charge in [-0.15, -0.1) is 0 Å². The van der Waals surface area contributed by atoms with Gasteiger partial charge in [0.05, 0.1) is 0 Å². The Bertz CT molecular complexity index is 591. The summed E-state index contributed by atoms with van der Waals surface area (Å²) in [7, 11) is 0. The van der Waals surface area contributed by atoms with E-state index in [-0.39, 0.29) is 5.82 Å². The van der Waals surface area contributed by atoms with E-state index in [2.05, 4.69) is 28.4 Å². The summed E-state index contributed by atoms with van der Waals surface area (Å²) >= 11 is 0.